The van der Waals surface area contributed by atoms with Crippen molar-refractivity contribution in [2.45, 2.75) is 18.8 Å². The lowest BCUT2D eigenvalue weighted by molar-refractivity contribution is -0.0494. The van der Waals surface area contributed by atoms with Crippen molar-refractivity contribution in [3.05, 3.63) is 53.2 Å². The number of hydrogen-bond acceptors (Lipinski definition) is 5. The van der Waals surface area contributed by atoms with E-state index < -0.39 is 5.92 Å². The average molecular weight is 369 g/mol. The lowest BCUT2D eigenvalue weighted by Crippen LogP contribution is -2.42. The zero-order chi connectivity index (χ0) is 19.4. The number of alkyl halides is 2. The predicted octanol–water partition coefficient (Wildman–Crippen LogP) is 3.16. The number of likely N-dealkylation sites (tertiary alicyclic amines) is 1. The molecule has 27 heavy (non-hydrogen) atoms. The Morgan fingerprint density at radius 1 is 1.30 bits per heavy atom. The van der Waals surface area contributed by atoms with Crippen LogP contribution in [0.25, 0.3) is 0 Å². The lowest BCUT2D eigenvalue weighted by Gasteiger charge is -2.31. The number of rotatable bonds is 3. The molecule has 1 aliphatic heterocycles. The fraction of sp³-hybridized carbons (Fsp3) is 0.263. The third-order valence-electron chi connectivity index (χ3n) is 4.33. The van der Waals surface area contributed by atoms with Gasteiger partial charge in [-0.2, -0.15) is 5.26 Å². The summed E-state index contributed by atoms with van der Waals surface area (Å²) < 4.78 is 26.4. The van der Waals surface area contributed by atoms with Crippen LogP contribution in [0, 0.1) is 11.3 Å². The molecule has 0 spiro atoms. The molecule has 0 atom stereocenters. The van der Waals surface area contributed by atoms with Crippen molar-refractivity contribution in [1.82, 2.24) is 9.88 Å². The number of amides is 1. The van der Waals surface area contributed by atoms with Crippen LogP contribution < -0.4 is 5.73 Å². The van der Waals surface area contributed by atoms with Crippen LogP contribution in [0.3, 0.4) is 0 Å². The van der Waals surface area contributed by atoms with Gasteiger partial charge < -0.3 is 10.6 Å². The molecule has 2 N–H and O–H groups in total. The third kappa shape index (κ3) is 4.44. The Morgan fingerprint density at radius 3 is 2.63 bits per heavy atom. The molecular formula is C19H17F2N5O. The molecule has 1 aromatic carbocycles. The summed E-state index contributed by atoms with van der Waals surface area (Å²) in [6, 6.07) is 10.0. The molecular weight excluding hydrogens is 352 g/mol. The van der Waals surface area contributed by atoms with Gasteiger partial charge >= 0.3 is 0 Å². The summed E-state index contributed by atoms with van der Waals surface area (Å²) in [5.41, 5.74) is 7.72. The van der Waals surface area contributed by atoms with E-state index >= 15 is 0 Å². The number of aliphatic imine (C=N–C) groups is 1. The van der Waals surface area contributed by atoms with Crippen molar-refractivity contribution in [2.24, 2.45) is 4.99 Å². The minimum atomic E-state index is -2.69. The summed E-state index contributed by atoms with van der Waals surface area (Å²) in [5, 5.41) is 8.83. The van der Waals surface area contributed by atoms with Crippen molar-refractivity contribution < 1.29 is 13.6 Å². The maximum absolute atomic E-state index is 13.2. The highest BCUT2D eigenvalue weighted by molar-refractivity contribution is 5.94. The molecule has 2 heterocycles. The number of piperidine rings is 1. The van der Waals surface area contributed by atoms with Gasteiger partial charge in [-0.15, -0.1) is 0 Å². The number of aromatic nitrogens is 1. The van der Waals surface area contributed by atoms with Crippen LogP contribution >= 0.6 is 0 Å². The summed E-state index contributed by atoms with van der Waals surface area (Å²) in [6.07, 6.45) is 2.26. The smallest absolute Gasteiger partial charge is 0.255 e. The van der Waals surface area contributed by atoms with Crippen LogP contribution in [0.2, 0.25) is 0 Å². The summed E-state index contributed by atoms with van der Waals surface area (Å²) in [6.45, 7) is 0.0629. The van der Waals surface area contributed by atoms with Crippen LogP contribution in [0.1, 0.15) is 34.3 Å². The molecule has 0 radical (unpaired) electrons. The lowest BCUT2D eigenvalue weighted by atomic mass is 10.1. The monoisotopic (exact) mass is 369 g/mol. The van der Waals surface area contributed by atoms with Crippen LogP contribution in [0.4, 0.5) is 20.3 Å². The number of nitriles is 1. The number of halogens is 2. The van der Waals surface area contributed by atoms with E-state index in [1.54, 1.807) is 30.3 Å². The molecule has 3 rings (SSSR count). The Hall–Kier alpha value is -3.34. The van der Waals surface area contributed by atoms with Gasteiger partial charge in [-0.05, 0) is 24.3 Å². The maximum atomic E-state index is 13.2. The third-order valence-corrected chi connectivity index (χ3v) is 4.33. The van der Waals surface area contributed by atoms with Crippen molar-refractivity contribution in [3.8, 4) is 6.07 Å². The molecule has 2 aromatic rings. The maximum Gasteiger partial charge on any atom is 0.255 e. The normalized spacial score (nSPS) is 16.3. The fourth-order valence-corrected chi connectivity index (χ4v) is 2.71. The summed E-state index contributed by atoms with van der Waals surface area (Å²) in [5.74, 6) is -2.63. The largest absolute Gasteiger partial charge is 0.398 e. The Morgan fingerprint density at radius 2 is 2.04 bits per heavy atom. The number of nitrogen functional groups attached to an aromatic ring is 1. The Kier molecular flexibility index (Phi) is 5.12. The highest BCUT2D eigenvalue weighted by Gasteiger charge is 2.35. The average Bonchev–Trinajstić information content (AvgIpc) is 2.67. The molecule has 6 nitrogen and oxygen atoms in total. The highest BCUT2D eigenvalue weighted by Crippen LogP contribution is 2.28. The summed E-state index contributed by atoms with van der Waals surface area (Å²) in [7, 11) is 0. The number of nitrogens with two attached hydrogens (primary N) is 1. The molecule has 0 saturated carbocycles. The zero-order valence-electron chi connectivity index (χ0n) is 14.4. The summed E-state index contributed by atoms with van der Waals surface area (Å²) in [4.78, 5) is 22.1. The standard InChI is InChI=1S/C19H17F2N5O/c20-19(21)5-7-26(8-6-19)18(27)15-3-4-17(25-12-15)24-11-14-2-1-13(10-22)9-16(14)23/h1-4,9,11-12H,5-8,23H2. The molecule has 1 fully saturated rings. The first-order valence-corrected chi connectivity index (χ1v) is 8.35. The van der Waals surface area contributed by atoms with E-state index in [-0.39, 0.29) is 31.8 Å². The number of anilines is 1. The number of benzene rings is 1. The van der Waals surface area contributed by atoms with Crippen molar-refractivity contribution >= 4 is 23.6 Å². The van der Waals surface area contributed by atoms with Gasteiger partial charge in [0.25, 0.3) is 11.8 Å². The Balaban J connectivity index is 1.67. The topological polar surface area (TPSA) is 95.4 Å². The molecule has 0 aliphatic carbocycles. The number of nitrogens with zero attached hydrogens (tertiary/aromatic N) is 4. The first kappa shape index (κ1) is 18.5. The van der Waals surface area contributed by atoms with E-state index in [9.17, 15) is 13.6 Å². The molecule has 1 amide bonds. The predicted molar refractivity (Wildman–Crippen MR) is 97.1 cm³/mol. The van der Waals surface area contributed by atoms with Gasteiger partial charge in [0.1, 0.15) is 0 Å². The van der Waals surface area contributed by atoms with E-state index in [0.717, 1.165) is 0 Å². The van der Waals surface area contributed by atoms with Gasteiger partial charge in [0, 0.05) is 49.6 Å². The van der Waals surface area contributed by atoms with Crippen molar-refractivity contribution in [1.29, 1.82) is 5.26 Å². The first-order valence-electron chi connectivity index (χ1n) is 8.35. The van der Waals surface area contributed by atoms with E-state index in [1.807, 2.05) is 6.07 Å². The van der Waals surface area contributed by atoms with Crippen molar-refractivity contribution in [3.63, 3.8) is 0 Å². The van der Waals surface area contributed by atoms with E-state index in [0.29, 0.717) is 28.2 Å². The number of carbonyl (C=O) groups is 1. The second-order valence-electron chi connectivity index (χ2n) is 6.27. The Bertz CT molecular complexity index is 909. The second-order valence-corrected chi connectivity index (χ2v) is 6.27. The van der Waals surface area contributed by atoms with Gasteiger partial charge in [-0.3, -0.25) is 4.79 Å². The number of pyridine rings is 1. The fourth-order valence-electron chi connectivity index (χ4n) is 2.71. The van der Waals surface area contributed by atoms with Gasteiger partial charge in [0.05, 0.1) is 17.2 Å². The summed E-state index contributed by atoms with van der Waals surface area (Å²) >= 11 is 0. The Labute approximate surface area is 155 Å². The van der Waals surface area contributed by atoms with Gasteiger partial charge in [-0.25, -0.2) is 18.8 Å². The number of hydrogen-bond donors (Lipinski definition) is 1. The van der Waals surface area contributed by atoms with E-state index in [2.05, 4.69) is 9.98 Å². The van der Waals surface area contributed by atoms with Crippen LogP contribution in [-0.4, -0.2) is 41.0 Å². The molecule has 1 saturated heterocycles. The highest BCUT2D eigenvalue weighted by atomic mass is 19.3. The van der Waals surface area contributed by atoms with Crippen LogP contribution in [0.15, 0.2) is 41.5 Å². The van der Waals surface area contributed by atoms with Crippen molar-refractivity contribution in [2.75, 3.05) is 18.8 Å². The molecule has 8 heteroatoms. The quantitative estimate of drug-likeness (QED) is 0.664. The molecule has 0 unspecified atom stereocenters. The zero-order valence-corrected chi connectivity index (χ0v) is 14.4. The second kappa shape index (κ2) is 7.50. The van der Waals surface area contributed by atoms with E-state index in [4.69, 9.17) is 11.0 Å². The minimum Gasteiger partial charge on any atom is -0.398 e. The molecule has 1 aromatic heterocycles. The minimum absolute atomic E-state index is 0.0315. The van der Waals surface area contributed by atoms with E-state index in [1.165, 1.54) is 17.3 Å². The molecule has 138 valence electrons. The first-order chi connectivity index (χ1) is 12.9. The van der Waals surface area contributed by atoms with Gasteiger partial charge in [0.15, 0.2) is 5.82 Å². The number of carbonyl (C=O) groups excluding carboxylic acids is 1. The van der Waals surface area contributed by atoms with Gasteiger partial charge in [-0.1, -0.05) is 6.07 Å². The van der Waals surface area contributed by atoms with Gasteiger partial charge in [0.2, 0.25) is 0 Å². The SMILES string of the molecule is N#Cc1ccc(C=Nc2ccc(C(=O)N3CCC(F)(F)CC3)cn2)c(N)c1. The van der Waals surface area contributed by atoms with Crippen LogP contribution in [0.5, 0.6) is 0 Å². The molecule has 0 bridgehead atoms. The molecule has 1 aliphatic rings. The van der Waals surface area contributed by atoms with Crippen LogP contribution in [-0.2, 0) is 0 Å².